The Balaban J connectivity index is 2.02. The van der Waals surface area contributed by atoms with Crippen LogP contribution in [0.5, 0.6) is 0 Å². The predicted octanol–water partition coefficient (Wildman–Crippen LogP) is 2.46. The van der Waals surface area contributed by atoms with Crippen LogP contribution in [-0.4, -0.2) is 39.4 Å². The number of nitrogens with zero attached hydrogens (tertiary/aromatic N) is 3. The highest BCUT2D eigenvalue weighted by Gasteiger charge is 2.43. The van der Waals surface area contributed by atoms with Gasteiger partial charge < -0.3 is 10.8 Å². The highest BCUT2D eigenvalue weighted by Crippen LogP contribution is 2.43. The Bertz CT molecular complexity index is 1100. The van der Waals surface area contributed by atoms with Crippen LogP contribution in [0.25, 0.3) is 5.69 Å². The van der Waals surface area contributed by atoms with E-state index in [0.717, 1.165) is 0 Å². The molecule has 154 valence electrons. The average Bonchev–Trinajstić information content (AvgIpc) is 3.09. The second-order valence-electron chi connectivity index (χ2n) is 7.14. The fourth-order valence-corrected chi connectivity index (χ4v) is 4.02. The van der Waals surface area contributed by atoms with E-state index in [-0.39, 0.29) is 12.3 Å². The maximum absolute atomic E-state index is 13.5. The molecule has 0 saturated carbocycles. The van der Waals surface area contributed by atoms with Gasteiger partial charge >= 0.3 is 5.97 Å². The molecule has 0 spiro atoms. The summed E-state index contributed by atoms with van der Waals surface area (Å²) in [5.74, 6) is -1.88. The van der Waals surface area contributed by atoms with Crippen LogP contribution in [0.3, 0.4) is 0 Å². The summed E-state index contributed by atoms with van der Waals surface area (Å²) in [6.07, 6.45) is -0.321. The van der Waals surface area contributed by atoms with Gasteiger partial charge in [-0.2, -0.15) is 5.10 Å². The van der Waals surface area contributed by atoms with E-state index in [1.54, 1.807) is 16.8 Å². The lowest BCUT2D eigenvalue weighted by Crippen LogP contribution is -2.52. The molecule has 3 aromatic rings. The summed E-state index contributed by atoms with van der Waals surface area (Å²) in [6.45, 7) is 2.17. The highest BCUT2D eigenvalue weighted by molar-refractivity contribution is 6.01. The van der Waals surface area contributed by atoms with Crippen LogP contribution in [0, 0.1) is 5.82 Å². The fourth-order valence-electron chi connectivity index (χ4n) is 4.02. The number of fused-ring (bicyclic) bond motifs is 1. The number of likely N-dealkylation sites (N-methyl/N-ethyl adjacent to an activating group) is 1. The Kier molecular flexibility index (Phi) is 5.09. The van der Waals surface area contributed by atoms with Crippen molar-refractivity contribution in [3.05, 3.63) is 77.2 Å². The minimum Gasteiger partial charge on any atom is -0.481 e. The summed E-state index contributed by atoms with van der Waals surface area (Å²) in [5.41, 5.74) is 8.60. The number of hydrogen-bond acceptors (Lipinski definition) is 4. The Morgan fingerprint density at radius 2 is 1.83 bits per heavy atom. The van der Waals surface area contributed by atoms with E-state index in [9.17, 15) is 19.1 Å². The molecular formula is C22H21FN4O3. The van der Waals surface area contributed by atoms with Gasteiger partial charge in [0.1, 0.15) is 11.6 Å². The van der Waals surface area contributed by atoms with Crippen LogP contribution in [0.2, 0.25) is 0 Å². The quantitative estimate of drug-likeness (QED) is 0.675. The molecule has 1 aliphatic heterocycles. The molecule has 0 radical (unpaired) electrons. The van der Waals surface area contributed by atoms with E-state index in [4.69, 9.17) is 5.73 Å². The highest BCUT2D eigenvalue weighted by atomic mass is 19.1. The van der Waals surface area contributed by atoms with Gasteiger partial charge in [-0.25, -0.2) is 9.07 Å². The van der Waals surface area contributed by atoms with Gasteiger partial charge in [-0.05, 0) is 36.8 Å². The lowest BCUT2D eigenvalue weighted by Gasteiger charge is -2.36. The summed E-state index contributed by atoms with van der Waals surface area (Å²) >= 11 is 0. The SMILES string of the molecule is CCN1C(=O)[C@@H](N)[C@H](c2ccc(F)cc2)c2c(CC(=O)O)nn(-c3ccccc3)c21. The van der Waals surface area contributed by atoms with Crippen molar-refractivity contribution in [3.8, 4) is 5.69 Å². The number of carbonyl (C=O) groups excluding carboxylic acids is 1. The Hall–Kier alpha value is -3.52. The summed E-state index contributed by atoms with van der Waals surface area (Å²) in [7, 11) is 0. The molecule has 0 unspecified atom stereocenters. The first-order chi connectivity index (χ1) is 14.4. The second kappa shape index (κ2) is 7.72. The molecule has 2 heterocycles. The normalized spacial score (nSPS) is 18.4. The molecule has 2 atom stereocenters. The van der Waals surface area contributed by atoms with Crippen LogP contribution in [0.4, 0.5) is 10.2 Å². The second-order valence-corrected chi connectivity index (χ2v) is 7.14. The van der Waals surface area contributed by atoms with Crippen LogP contribution >= 0.6 is 0 Å². The van der Waals surface area contributed by atoms with Crippen LogP contribution in [-0.2, 0) is 16.0 Å². The molecule has 0 fully saturated rings. The van der Waals surface area contributed by atoms with Crippen molar-refractivity contribution in [2.75, 3.05) is 11.4 Å². The van der Waals surface area contributed by atoms with E-state index in [1.165, 1.54) is 17.0 Å². The number of benzene rings is 2. The standard InChI is InChI=1S/C22H21FN4O3/c1-2-26-21-19(18(20(24)22(26)30)13-8-10-14(23)11-9-13)16(12-17(28)29)25-27(21)15-6-4-3-5-7-15/h3-11,18,20H,2,12,24H2,1H3,(H,28,29)/t18-,20+/m1/s1. The molecule has 1 aromatic heterocycles. The van der Waals surface area contributed by atoms with Crippen molar-refractivity contribution in [1.29, 1.82) is 0 Å². The molecule has 30 heavy (non-hydrogen) atoms. The van der Waals surface area contributed by atoms with E-state index < -0.39 is 23.7 Å². The Morgan fingerprint density at radius 1 is 1.17 bits per heavy atom. The molecular weight excluding hydrogens is 387 g/mol. The van der Waals surface area contributed by atoms with E-state index in [0.29, 0.717) is 34.9 Å². The van der Waals surface area contributed by atoms with E-state index >= 15 is 0 Å². The van der Waals surface area contributed by atoms with E-state index in [2.05, 4.69) is 5.10 Å². The van der Waals surface area contributed by atoms with E-state index in [1.807, 2.05) is 37.3 Å². The third kappa shape index (κ3) is 3.25. The van der Waals surface area contributed by atoms with Crippen molar-refractivity contribution in [2.24, 2.45) is 5.73 Å². The van der Waals surface area contributed by atoms with Crippen LogP contribution in [0.15, 0.2) is 54.6 Å². The van der Waals surface area contributed by atoms with Crippen LogP contribution < -0.4 is 10.6 Å². The topological polar surface area (TPSA) is 101 Å². The lowest BCUT2D eigenvalue weighted by atomic mass is 9.81. The summed E-state index contributed by atoms with van der Waals surface area (Å²) in [4.78, 5) is 26.3. The van der Waals surface area contributed by atoms with Gasteiger partial charge in [0, 0.05) is 18.0 Å². The number of halogens is 1. The number of carboxylic acids is 1. The van der Waals surface area contributed by atoms with Gasteiger partial charge in [0.05, 0.1) is 23.8 Å². The van der Waals surface area contributed by atoms with Gasteiger partial charge in [-0.3, -0.25) is 14.5 Å². The van der Waals surface area contributed by atoms with Crippen molar-refractivity contribution in [2.45, 2.75) is 25.3 Å². The summed E-state index contributed by atoms with van der Waals surface area (Å²) in [5, 5.41) is 14.0. The maximum atomic E-state index is 13.5. The number of hydrogen-bond donors (Lipinski definition) is 2. The molecule has 2 aromatic carbocycles. The average molecular weight is 408 g/mol. The number of aliphatic carboxylic acids is 1. The molecule has 1 aliphatic rings. The molecule has 0 aliphatic carbocycles. The molecule has 7 nitrogen and oxygen atoms in total. The lowest BCUT2D eigenvalue weighted by molar-refractivity contribution is -0.136. The van der Waals surface area contributed by atoms with Gasteiger partial charge in [-0.15, -0.1) is 0 Å². The van der Waals surface area contributed by atoms with Gasteiger partial charge in [-0.1, -0.05) is 30.3 Å². The Labute approximate surface area is 172 Å². The van der Waals surface area contributed by atoms with Crippen molar-refractivity contribution in [3.63, 3.8) is 0 Å². The first-order valence-corrected chi connectivity index (χ1v) is 9.63. The van der Waals surface area contributed by atoms with Gasteiger partial charge in [0.2, 0.25) is 5.91 Å². The molecule has 0 bridgehead atoms. The molecule has 4 rings (SSSR count). The number of carbonyl (C=O) groups is 2. The largest absolute Gasteiger partial charge is 0.481 e. The predicted molar refractivity (Wildman–Crippen MR) is 109 cm³/mol. The summed E-state index contributed by atoms with van der Waals surface area (Å²) < 4.78 is 15.1. The van der Waals surface area contributed by atoms with Gasteiger partial charge in [0.25, 0.3) is 0 Å². The first-order valence-electron chi connectivity index (χ1n) is 9.63. The zero-order chi connectivity index (χ0) is 21.4. The third-order valence-corrected chi connectivity index (χ3v) is 5.31. The number of rotatable bonds is 5. The Morgan fingerprint density at radius 3 is 2.43 bits per heavy atom. The number of nitrogens with two attached hydrogens (primary N) is 1. The maximum Gasteiger partial charge on any atom is 0.309 e. The molecule has 3 N–H and O–H groups in total. The first kappa shape index (κ1) is 19.8. The van der Waals surface area contributed by atoms with Crippen molar-refractivity contribution < 1.29 is 19.1 Å². The number of carboxylic acid groups (broad SMARTS) is 1. The monoisotopic (exact) mass is 408 g/mol. The van der Waals surface area contributed by atoms with Crippen LogP contribution in [0.1, 0.15) is 29.7 Å². The zero-order valence-corrected chi connectivity index (χ0v) is 16.3. The summed E-state index contributed by atoms with van der Waals surface area (Å²) in [6, 6.07) is 14.0. The number of amides is 1. The number of aromatic nitrogens is 2. The zero-order valence-electron chi connectivity index (χ0n) is 16.3. The molecule has 1 amide bonds. The number of para-hydroxylation sites is 1. The van der Waals surface area contributed by atoms with Gasteiger partial charge in [0.15, 0.2) is 0 Å². The molecule has 0 saturated heterocycles. The number of anilines is 1. The van der Waals surface area contributed by atoms with Crippen molar-refractivity contribution in [1.82, 2.24) is 9.78 Å². The van der Waals surface area contributed by atoms with Crippen molar-refractivity contribution >= 4 is 17.7 Å². The third-order valence-electron chi connectivity index (χ3n) is 5.31. The minimum atomic E-state index is -1.04. The molecule has 8 heteroatoms. The fraction of sp³-hybridized carbons (Fsp3) is 0.227. The smallest absolute Gasteiger partial charge is 0.309 e. The minimum absolute atomic E-state index is 0.293.